The van der Waals surface area contributed by atoms with Crippen molar-refractivity contribution in [1.29, 1.82) is 0 Å². The number of aliphatic hydroxyl groups is 1. The highest BCUT2D eigenvalue weighted by molar-refractivity contribution is 5.88. The fraction of sp³-hybridized carbons (Fsp3) is 0.364. The molecule has 0 aliphatic heterocycles. The molecule has 1 atom stereocenters. The van der Waals surface area contributed by atoms with E-state index in [0.717, 1.165) is 11.1 Å². The fourth-order valence-electron chi connectivity index (χ4n) is 2.99. The molecule has 6 heteroatoms. The van der Waals surface area contributed by atoms with Crippen LogP contribution in [0.5, 0.6) is 0 Å². The third-order valence-corrected chi connectivity index (χ3v) is 4.41. The van der Waals surface area contributed by atoms with Crippen LogP contribution in [0.15, 0.2) is 54.6 Å². The molecule has 0 aromatic heterocycles. The second-order valence-electron chi connectivity index (χ2n) is 6.62. The van der Waals surface area contributed by atoms with Crippen LogP contribution in [-0.4, -0.2) is 41.0 Å². The molecule has 5 nitrogen and oxygen atoms in total. The molecule has 2 aromatic carbocycles. The topological polar surface area (TPSA) is 69.6 Å². The average molecular weight is 386 g/mol. The van der Waals surface area contributed by atoms with Crippen LogP contribution in [0.3, 0.4) is 0 Å². The Hall–Kier alpha value is -2.73. The van der Waals surface area contributed by atoms with Crippen molar-refractivity contribution in [3.05, 3.63) is 71.5 Å². The highest BCUT2D eigenvalue weighted by Gasteiger charge is 2.29. The van der Waals surface area contributed by atoms with Crippen LogP contribution in [0.1, 0.15) is 30.9 Å². The van der Waals surface area contributed by atoms with Gasteiger partial charge in [-0.25, -0.2) is 4.39 Å². The van der Waals surface area contributed by atoms with Crippen LogP contribution < -0.4 is 5.32 Å². The van der Waals surface area contributed by atoms with Crippen molar-refractivity contribution >= 4 is 11.8 Å². The predicted octanol–water partition coefficient (Wildman–Crippen LogP) is 2.67. The Morgan fingerprint density at radius 1 is 1.07 bits per heavy atom. The Morgan fingerprint density at radius 3 is 2.36 bits per heavy atom. The van der Waals surface area contributed by atoms with E-state index >= 15 is 0 Å². The number of aliphatic hydroxyl groups excluding tert-OH is 1. The molecular weight excluding hydrogens is 359 g/mol. The Kier molecular flexibility index (Phi) is 8.62. The molecule has 2 rings (SSSR count). The molecule has 2 N–H and O–H groups in total. The van der Waals surface area contributed by atoms with Crippen molar-refractivity contribution in [2.24, 2.45) is 0 Å². The molecule has 0 bridgehead atoms. The van der Waals surface area contributed by atoms with Crippen molar-refractivity contribution < 1.29 is 19.1 Å². The lowest BCUT2D eigenvalue weighted by atomic mass is 10.0. The summed E-state index contributed by atoms with van der Waals surface area (Å²) in [5.41, 5.74) is 1.68. The first-order valence-corrected chi connectivity index (χ1v) is 9.51. The number of halogens is 1. The third kappa shape index (κ3) is 6.46. The Balaban J connectivity index is 2.32. The maximum absolute atomic E-state index is 13.2. The maximum atomic E-state index is 13.2. The second-order valence-corrected chi connectivity index (χ2v) is 6.62. The quantitative estimate of drug-likeness (QED) is 0.660. The molecule has 0 fully saturated rings. The molecular formula is C22H27FN2O3. The van der Waals surface area contributed by atoms with E-state index in [1.54, 1.807) is 17.0 Å². The lowest BCUT2D eigenvalue weighted by molar-refractivity contribution is -0.141. The van der Waals surface area contributed by atoms with E-state index in [-0.39, 0.29) is 37.3 Å². The summed E-state index contributed by atoms with van der Waals surface area (Å²) in [7, 11) is 0. The molecule has 0 spiro atoms. The second kappa shape index (κ2) is 11.2. The molecule has 28 heavy (non-hydrogen) atoms. The number of nitrogens with one attached hydrogen (secondary N) is 1. The van der Waals surface area contributed by atoms with E-state index in [0.29, 0.717) is 19.3 Å². The molecule has 2 aromatic rings. The standard InChI is InChI=1S/C22H27FN2O3/c1-2-6-21(27)25(16-18-9-11-19(23)12-10-18)20(22(28)24-13-14-26)15-17-7-4-3-5-8-17/h3-5,7-12,20,26H,2,6,13-16H2,1H3,(H,24,28)/t20-/m0/s1. The zero-order valence-corrected chi connectivity index (χ0v) is 16.1. The van der Waals surface area contributed by atoms with E-state index in [4.69, 9.17) is 5.11 Å². The molecule has 0 unspecified atom stereocenters. The molecule has 0 saturated heterocycles. The zero-order valence-electron chi connectivity index (χ0n) is 16.1. The van der Waals surface area contributed by atoms with Crippen LogP contribution in [0.25, 0.3) is 0 Å². The van der Waals surface area contributed by atoms with Crippen LogP contribution in [0.4, 0.5) is 4.39 Å². The minimum atomic E-state index is -0.724. The van der Waals surface area contributed by atoms with Crippen LogP contribution in [0, 0.1) is 5.82 Å². The van der Waals surface area contributed by atoms with Gasteiger partial charge in [0.25, 0.3) is 0 Å². The van der Waals surface area contributed by atoms with Crippen molar-refractivity contribution in [1.82, 2.24) is 10.2 Å². The molecule has 0 aliphatic rings. The first-order chi connectivity index (χ1) is 13.5. The van der Waals surface area contributed by atoms with Crippen molar-refractivity contribution in [2.75, 3.05) is 13.2 Å². The zero-order chi connectivity index (χ0) is 20.4. The lowest BCUT2D eigenvalue weighted by Crippen LogP contribution is -2.50. The van der Waals surface area contributed by atoms with Gasteiger partial charge in [0.15, 0.2) is 0 Å². The summed E-state index contributed by atoms with van der Waals surface area (Å²) in [4.78, 5) is 27.2. The van der Waals surface area contributed by atoms with E-state index in [2.05, 4.69) is 5.32 Å². The highest BCUT2D eigenvalue weighted by Crippen LogP contribution is 2.16. The maximum Gasteiger partial charge on any atom is 0.243 e. The Labute approximate surface area is 165 Å². The van der Waals surface area contributed by atoms with E-state index in [9.17, 15) is 14.0 Å². The summed E-state index contributed by atoms with van der Waals surface area (Å²) < 4.78 is 13.2. The number of carbonyl (C=O) groups is 2. The third-order valence-electron chi connectivity index (χ3n) is 4.41. The number of benzene rings is 2. The first kappa shape index (κ1) is 21.6. The largest absolute Gasteiger partial charge is 0.395 e. The van der Waals surface area contributed by atoms with Gasteiger partial charge in [-0.3, -0.25) is 9.59 Å². The van der Waals surface area contributed by atoms with Gasteiger partial charge in [-0.2, -0.15) is 0 Å². The molecule has 0 heterocycles. The smallest absolute Gasteiger partial charge is 0.243 e. The number of nitrogens with zero attached hydrogens (tertiary/aromatic N) is 1. The van der Waals surface area contributed by atoms with Crippen LogP contribution in [-0.2, 0) is 22.6 Å². The van der Waals surface area contributed by atoms with Crippen molar-refractivity contribution in [3.8, 4) is 0 Å². The number of amides is 2. The fourth-order valence-corrected chi connectivity index (χ4v) is 2.99. The van der Waals surface area contributed by atoms with Gasteiger partial charge in [-0.05, 0) is 29.7 Å². The molecule has 0 radical (unpaired) electrons. The Morgan fingerprint density at radius 2 is 1.75 bits per heavy atom. The highest BCUT2D eigenvalue weighted by atomic mass is 19.1. The number of carbonyl (C=O) groups excluding carboxylic acids is 2. The average Bonchev–Trinajstić information content (AvgIpc) is 2.71. The van der Waals surface area contributed by atoms with Gasteiger partial charge in [0.1, 0.15) is 11.9 Å². The minimum Gasteiger partial charge on any atom is -0.395 e. The van der Waals surface area contributed by atoms with Gasteiger partial charge in [0.2, 0.25) is 11.8 Å². The van der Waals surface area contributed by atoms with E-state index < -0.39 is 6.04 Å². The van der Waals surface area contributed by atoms with Gasteiger partial charge in [-0.1, -0.05) is 49.4 Å². The van der Waals surface area contributed by atoms with Gasteiger partial charge >= 0.3 is 0 Å². The minimum absolute atomic E-state index is 0.122. The van der Waals surface area contributed by atoms with Gasteiger partial charge < -0.3 is 15.3 Å². The summed E-state index contributed by atoms with van der Waals surface area (Å²) in [6.07, 6.45) is 1.34. The van der Waals surface area contributed by atoms with Crippen LogP contribution >= 0.6 is 0 Å². The summed E-state index contributed by atoms with van der Waals surface area (Å²) in [6, 6.07) is 14.7. The number of hydrogen-bond acceptors (Lipinski definition) is 3. The monoisotopic (exact) mass is 386 g/mol. The van der Waals surface area contributed by atoms with Crippen LogP contribution in [0.2, 0.25) is 0 Å². The molecule has 2 amide bonds. The molecule has 0 saturated carbocycles. The van der Waals surface area contributed by atoms with E-state index in [1.807, 2.05) is 37.3 Å². The summed E-state index contributed by atoms with van der Waals surface area (Å²) in [5.74, 6) is -0.798. The SMILES string of the molecule is CCCC(=O)N(Cc1ccc(F)cc1)[C@@H](Cc1ccccc1)C(=O)NCCO. The van der Waals surface area contributed by atoms with E-state index in [1.165, 1.54) is 12.1 Å². The number of hydrogen-bond donors (Lipinski definition) is 2. The van der Waals surface area contributed by atoms with Crippen molar-refractivity contribution in [3.63, 3.8) is 0 Å². The number of rotatable bonds is 10. The first-order valence-electron chi connectivity index (χ1n) is 9.51. The Bertz CT molecular complexity index is 750. The van der Waals surface area contributed by atoms with Gasteiger partial charge in [0, 0.05) is 25.9 Å². The van der Waals surface area contributed by atoms with Gasteiger partial charge in [0.05, 0.1) is 6.61 Å². The van der Waals surface area contributed by atoms with Gasteiger partial charge in [-0.15, -0.1) is 0 Å². The summed E-state index contributed by atoms with van der Waals surface area (Å²) in [6.45, 7) is 2.07. The normalized spacial score (nSPS) is 11.7. The summed E-state index contributed by atoms with van der Waals surface area (Å²) in [5, 5.41) is 11.7. The predicted molar refractivity (Wildman–Crippen MR) is 106 cm³/mol. The molecule has 0 aliphatic carbocycles. The summed E-state index contributed by atoms with van der Waals surface area (Å²) >= 11 is 0. The lowest BCUT2D eigenvalue weighted by Gasteiger charge is -2.31. The molecule has 150 valence electrons. The van der Waals surface area contributed by atoms with Crippen molar-refractivity contribution in [2.45, 2.75) is 38.8 Å².